The first-order valence-corrected chi connectivity index (χ1v) is 23.2. The molecule has 0 unspecified atom stereocenters. The molecule has 2 aliphatic rings. The van der Waals surface area contributed by atoms with Crippen LogP contribution < -0.4 is 4.90 Å². The molecule has 11 rings (SSSR count). The van der Waals surface area contributed by atoms with Gasteiger partial charge in [0.05, 0.1) is 20.4 Å². The number of para-hydroxylation sites is 2. The molecule has 0 saturated carbocycles. The van der Waals surface area contributed by atoms with Gasteiger partial charge in [-0.25, -0.2) is 9.97 Å². The number of hydrogen-bond donors (Lipinski definition) is 0. The minimum absolute atomic E-state index is 0.0914. The van der Waals surface area contributed by atoms with E-state index in [2.05, 4.69) is 184 Å². The molecule has 0 aliphatic heterocycles. The van der Waals surface area contributed by atoms with Crippen LogP contribution in [-0.4, -0.2) is 9.97 Å². The molecule has 0 spiro atoms. The van der Waals surface area contributed by atoms with Gasteiger partial charge in [-0.1, -0.05) is 119 Å². The first-order chi connectivity index (χ1) is 29.5. The van der Waals surface area contributed by atoms with Crippen LogP contribution in [0, 0.1) is 0 Å². The molecule has 9 aromatic rings. The first kappa shape index (κ1) is 37.1. The summed E-state index contributed by atoms with van der Waals surface area (Å²) in [4.78, 5) is 12.7. The van der Waals surface area contributed by atoms with E-state index in [1.807, 2.05) is 0 Å². The molecule has 60 heavy (non-hydrogen) atoms. The number of thiazole rings is 2. The summed E-state index contributed by atoms with van der Waals surface area (Å²) >= 11 is 3.57. The van der Waals surface area contributed by atoms with E-state index in [4.69, 9.17) is 9.97 Å². The van der Waals surface area contributed by atoms with Crippen molar-refractivity contribution in [2.45, 2.75) is 70.8 Å². The lowest BCUT2D eigenvalue weighted by atomic mass is 9.73. The maximum absolute atomic E-state index is 5.06. The summed E-state index contributed by atoms with van der Waals surface area (Å²) in [6.07, 6.45) is 4.11. The van der Waals surface area contributed by atoms with Gasteiger partial charge in [-0.05, 0) is 136 Å². The number of anilines is 2. The predicted octanol–water partition coefficient (Wildman–Crippen LogP) is 15.8. The Morgan fingerprint density at radius 2 is 0.833 bits per heavy atom. The van der Waals surface area contributed by atoms with Gasteiger partial charge in [0.1, 0.15) is 10.0 Å². The molecule has 0 bridgehead atoms. The largest absolute Gasteiger partial charge is 0.337 e. The fraction of sp³-hybridized carbons (Fsp3) is 0.200. The Hall–Kier alpha value is -5.88. The second-order valence-electron chi connectivity index (χ2n) is 16.6. The Balaban J connectivity index is 1.02. The molecule has 0 fully saturated rings. The average molecular weight is 814 g/mol. The van der Waals surface area contributed by atoms with Gasteiger partial charge in [-0.3, -0.25) is 0 Å². The highest BCUT2D eigenvalue weighted by Crippen LogP contribution is 2.57. The normalized spacial score (nSPS) is 14.3. The van der Waals surface area contributed by atoms with Gasteiger partial charge in [0.15, 0.2) is 0 Å². The second-order valence-corrected chi connectivity index (χ2v) is 18.7. The fourth-order valence-electron chi connectivity index (χ4n) is 10.7. The third kappa shape index (κ3) is 5.59. The van der Waals surface area contributed by atoms with Crippen molar-refractivity contribution in [1.29, 1.82) is 0 Å². The fourth-order valence-corrected chi connectivity index (χ4v) is 12.6. The predicted molar refractivity (Wildman–Crippen MR) is 256 cm³/mol. The van der Waals surface area contributed by atoms with E-state index in [0.717, 1.165) is 53.3 Å². The smallest absolute Gasteiger partial charge is 0.124 e. The third-order valence-electron chi connectivity index (χ3n) is 14.0. The van der Waals surface area contributed by atoms with Crippen molar-refractivity contribution in [3.63, 3.8) is 0 Å². The van der Waals surface area contributed by atoms with Gasteiger partial charge in [0, 0.05) is 39.9 Å². The molecule has 2 aliphatic carbocycles. The van der Waals surface area contributed by atoms with E-state index < -0.39 is 0 Å². The quantitative estimate of drug-likeness (QED) is 0.138. The summed E-state index contributed by atoms with van der Waals surface area (Å²) in [6.45, 7) is 10.3. The van der Waals surface area contributed by atoms with Gasteiger partial charge in [-0.15, -0.1) is 22.7 Å². The van der Waals surface area contributed by atoms with Crippen molar-refractivity contribution in [1.82, 2.24) is 9.97 Å². The van der Waals surface area contributed by atoms with Crippen molar-refractivity contribution < 1.29 is 0 Å². The Morgan fingerprint density at radius 1 is 0.433 bits per heavy atom. The Bertz CT molecular complexity index is 2840. The zero-order valence-electron chi connectivity index (χ0n) is 34.6. The van der Waals surface area contributed by atoms with Crippen LogP contribution in [0.1, 0.15) is 81.2 Å². The molecule has 0 amide bonds. The minimum atomic E-state index is -0.0914. The maximum Gasteiger partial charge on any atom is 0.124 e. The summed E-state index contributed by atoms with van der Waals surface area (Å²) in [5.74, 6) is 0. The maximum atomic E-state index is 5.06. The average Bonchev–Trinajstić information content (AvgIpc) is 4.07. The summed E-state index contributed by atoms with van der Waals surface area (Å²) in [7, 11) is 0. The standard InChI is InChI=1S/C55H47N3S2/c1-5-54(6-2)44-30-36(52-56-48-18-12-14-20-50(48)59-52)22-26-40(44)42-28-24-38(32-46(42)54)58(34-35-16-10-9-11-17-35)39-25-29-43-41-27-23-37(53-57-49-19-13-15-21-51(49)60-53)31-45(41)55(7-3,8-4)47(43)33-39/h9-33H,5-8,34H2,1-4H3. The van der Waals surface area contributed by atoms with Crippen LogP contribution in [0.4, 0.5) is 11.4 Å². The van der Waals surface area contributed by atoms with Crippen molar-refractivity contribution in [3.8, 4) is 43.4 Å². The molecule has 0 atom stereocenters. The molecular weight excluding hydrogens is 767 g/mol. The van der Waals surface area contributed by atoms with E-state index in [9.17, 15) is 0 Å². The van der Waals surface area contributed by atoms with Gasteiger partial charge in [-0.2, -0.15) is 0 Å². The van der Waals surface area contributed by atoms with E-state index in [1.54, 1.807) is 22.7 Å². The topological polar surface area (TPSA) is 29.0 Å². The number of benzene rings is 7. The highest BCUT2D eigenvalue weighted by molar-refractivity contribution is 7.22. The lowest BCUT2D eigenvalue weighted by molar-refractivity contribution is 0.490. The van der Waals surface area contributed by atoms with Crippen LogP contribution >= 0.6 is 22.7 Å². The molecular formula is C55H47N3S2. The van der Waals surface area contributed by atoms with E-state index in [-0.39, 0.29) is 10.8 Å². The lowest BCUT2D eigenvalue weighted by Crippen LogP contribution is -2.25. The number of nitrogens with zero attached hydrogens (tertiary/aromatic N) is 3. The van der Waals surface area contributed by atoms with Crippen LogP contribution in [-0.2, 0) is 17.4 Å². The zero-order valence-corrected chi connectivity index (χ0v) is 36.3. The molecule has 5 heteroatoms. The number of rotatable bonds is 10. The summed E-state index contributed by atoms with van der Waals surface area (Å²) in [5, 5.41) is 2.18. The Kier molecular flexibility index (Phi) is 8.91. The molecule has 7 aromatic carbocycles. The van der Waals surface area contributed by atoms with E-state index >= 15 is 0 Å². The molecule has 2 heterocycles. The summed E-state index contributed by atoms with van der Waals surface area (Å²) < 4.78 is 2.47. The van der Waals surface area contributed by atoms with Crippen molar-refractivity contribution in [2.75, 3.05) is 4.90 Å². The van der Waals surface area contributed by atoms with Gasteiger partial charge in [0.25, 0.3) is 0 Å². The lowest BCUT2D eigenvalue weighted by Gasteiger charge is -2.33. The monoisotopic (exact) mass is 813 g/mol. The first-order valence-electron chi connectivity index (χ1n) is 21.6. The van der Waals surface area contributed by atoms with Crippen molar-refractivity contribution >= 4 is 54.5 Å². The van der Waals surface area contributed by atoms with Gasteiger partial charge >= 0.3 is 0 Å². The number of fused-ring (bicyclic) bond motifs is 8. The van der Waals surface area contributed by atoms with Crippen LogP contribution in [0.25, 0.3) is 63.8 Å². The third-order valence-corrected chi connectivity index (χ3v) is 16.2. The van der Waals surface area contributed by atoms with Crippen LogP contribution in [0.2, 0.25) is 0 Å². The zero-order chi connectivity index (χ0) is 40.6. The van der Waals surface area contributed by atoms with Crippen LogP contribution in [0.3, 0.4) is 0 Å². The SMILES string of the molecule is CCC1(CC)c2cc(-c3nc4ccccc4s3)ccc2-c2ccc(N(Cc3ccccc3)c3ccc4c(c3)C(CC)(CC)c3cc(-c5nc6ccccc6s5)ccc3-4)cc21. The molecule has 0 N–H and O–H groups in total. The molecule has 294 valence electrons. The van der Waals surface area contributed by atoms with E-state index in [1.165, 1.54) is 82.0 Å². The molecule has 0 saturated heterocycles. The molecule has 2 aromatic heterocycles. The molecule has 3 nitrogen and oxygen atoms in total. The number of aromatic nitrogens is 2. The molecule has 0 radical (unpaired) electrons. The summed E-state index contributed by atoms with van der Waals surface area (Å²) in [6, 6.07) is 56.7. The number of hydrogen-bond acceptors (Lipinski definition) is 5. The van der Waals surface area contributed by atoms with Crippen molar-refractivity contribution in [3.05, 3.63) is 179 Å². The van der Waals surface area contributed by atoms with Crippen LogP contribution in [0.5, 0.6) is 0 Å². The summed E-state index contributed by atoms with van der Waals surface area (Å²) in [5.41, 5.74) is 19.3. The second kappa shape index (κ2) is 14.4. The Labute approximate surface area is 361 Å². The minimum Gasteiger partial charge on any atom is -0.337 e. The van der Waals surface area contributed by atoms with E-state index in [0.29, 0.717) is 0 Å². The highest BCUT2D eigenvalue weighted by Gasteiger charge is 2.43. The highest BCUT2D eigenvalue weighted by atomic mass is 32.1. The van der Waals surface area contributed by atoms with Crippen LogP contribution in [0.15, 0.2) is 152 Å². The van der Waals surface area contributed by atoms with Gasteiger partial charge < -0.3 is 4.90 Å². The van der Waals surface area contributed by atoms with Gasteiger partial charge in [0.2, 0.25) is 0 Å². The Morgan fingerprint density at radius 3 is 1.27 bits per heavy atom. The van der Waals surface area contributed by atoms with Crippen molar-refractivity contribution in [2.24, 2.45) is 0 Å².